The Bertz CT molecular complexity index is 761. The molecule has 0 unspecified atom stereocenters. The number of carbonyl (C=O) groups is 2. The molecule has 1 fully saturated rings. The zero-order valence-corrected chi connectivity index (χ0v) is 14.3. The van der Waals surface area contributed by atoms with E-state index in [4.69, 9.17) is 5.73 Å². The van der Waals surface area contributed by atoms with Crippen LogP contribution in [-0.2, 0) is 4.79 Å². The topological polar surface area (TPSA) is 75.4 Å². The minimum atomic E-state index is -0.155. The van der Waals surface area contributed by atoms with Crippen LogP contribution in [0.15, 0.2) is 54.6 Å². The third kappa shape index (κ3) is 3.88. The Morgan fingerprint density at radius 1 is 1.12 bits per heavy atom. The van der Waals surface area contributed by atoms with Crippen LogP contribution >= 0.6 is 0 Å². The number of likely N-dealkylation sites (tertiary alicyclic amines) is 1. The van der Waals surface area contributed by atoms with Crippen molar-refractivity contribution in [1.29, 1.82) is 0 Å². The van der Waals surface area contributed by atoms with Crippen LogP contribution in [-0.4, -0.2) is 36.3 Å². The van der Waals surface area contributed by atoms with Crippen LogP contribution in [0.25, 0.3) is 0 Å². The van der Waals surface area contributed by atoms with Gasteiger partial charge in [-0.25, -0.2) is 0 Å². The molecule has 5 heteroatoms. The Morgan fingerprint density at radius 2 is 1.88 bits per heavy atom. The highest BCUT2D eigenvalue weighted by atomic mass is 16.2. The van der Waals surface area contributed by atoms with E-state index in [9.17, 15) is 9.59 Å². The fraction of sp³-hybridized carbons (Fsp3) is 0.300. The number of hydrogen-bond acceptors (Lipinski definition) is 3. The molecule has 2 amide bonds. The van der Waals surface area contributed by atoms with Gasteiger partial charge in [0.05, 0.1) is 0 Å². The molecule has 1 saturated heterocycles. The van der Waals surface area contributed by atoms with Gasteiger partial charge in [-0.05, 0) is 36.2 Å². The van der Waals surface area contributed by atoms with Gasteiger partial charge in [0.15, 0.2) is 0 Å². The number of carbonyl (C=O) groups excluding carboxylic acids is 2. The summed E-state index contributed by atoms with van der Waals surface area (Å²) >= 11 is 0. The summed E-state index contributed by atoms with van der Waals surface area (Å²) in [5.41, 5.74) is 8.39. The van der Waals surface area contributed by atoms with E-state index in [1.807, 2.05) is 23.1 Å². The summed E-state index contributed by atoms with van der Waals surface area (Å²) in [5.74, 6) is 0.334. The molecule has 1 heterocycles. The van der Waals surface area contributed by atoms with E-state index in [0.717, 1.165) is 0 Å². The molecule has 2 aromatic carbocycles. The van der Waals surface area contributed by atoms with Crippen molar-refractivity contribution >= 4 is 17.5 Å². The van der Waals surface area contributed by atoms with Gasteiger partial charge in [0, 0.05) is 37.2 Å². The van der Waals surface area contributed by atoms with Gasteiger partial charge in [-0.15, -0.1) is 0 Å². The summed E-state index contributed by atoms with van der Waals surface area (Å²) in [6.07, 6.45) is 0. The van der Waals surface area contributed by atoms with Crippen molar-refractivity contribution in [2.75, 3.05) is 25.0 Å². The minimum Gasteiger partial charge on any atom is -0.338 e. The summed E-state index contributed by atoms with van der Waals surface area (Å²) in [7, 11) is 0. The van der Waals surface area contributed by atoms with E-state index in [-0.39, 0.29) is 23.7 Å². The Hall–Kier alpha value is -2.66. The lowest BCUT2D eigenvalue weighted by Crippen LogP contribution is -2.29. The van der Waals surface area contributed by atoms with Crippen LogP contribution in [0.5, 0.6) is 0 Å². The highest BCUT2D eigenvalue weighted by Gasteiger charge is 2.35. The van der Waals surface area contributed by atoms with Crippen molar-refractivity contribution in [1.82, 2.24) is 4.90 Å². The first-order chi connectivity index (χ1) is 12.1. The zero-order valence-electron chi connectivity index (χ0n) is 14.3. The Labute approximate surface area is 147 Å². The Morgan fingerprint density at radius 3 is 2.56 bits per heavy atom. The molecule has 1 aliphatic heterocycles. The fourth-order valence-electron chi connectivity index (χ4n) is 3.47. The van der Waals surface area contributed by atoms with Crippen molar-refractivity contribution < 1.29 is 9.59 Å². The molecule has 1 aliphatic rings. The average Bonchev–Trinajstić information content (AvgIpc) is 3.06. The molecular weight excluding hydrogens is 314 g/mol. The maximum Gasteiger partial charge on any atom is 0.253 e. The predicted octanol–water partition coefficient (Wildman–Crippen LogP) is 2.46. The van der Waals surface area contributed by atoms with Crippen LogP contribution in [0.1, 0.15) is 28.8 Å². The molecule has 3 rings (SSSR count). The molecule has 0 aromatic heterocycles. The lowest BCUT2D eigenvalue weighted by molar-refractivity contribution is -0.114. The first kappa shape index (κ1) is 17.2. The van der Waals surface area contributed by atoms with E-state index in [0.29, 0.717) is 30.9 Å². The lowest BCUT2D eigenvalue weighted by atomic mass is 9.89. The van der Waals surface area contributed by atoms with Gasteiger partial charge in [0.1, 0.15) is 0 Å². The van der Waals surface area contributed by atoms with Crippen molar-refractivity contribution in [2.45, 2.75) is 12.8 Å². The monoisotopic (exact) mass is 337 g/mol. The number of amides is 2. The molecule has 130 valence electrons. The molecule has 0 aliphatic carbocycles. The summed E-state index contributed by atoms with van der Waals surface area (Å²) in [6.45, 7) is 3.31. The highest BCUT2D eigenvalue weighted by molar-refractivity contribution is 5.97. The number of anilines is 1. The third-order valence-electron chi connectivity index (χ3n) is 4.69. The zero-order chi connectivity index (χ0) is 17.8. The SMILES string of the molecule is CC(=O)Nc1cccc(C(=O)N2C[C@@H](CN)[C@H](c3ccccc3)C2)c1. The Kier molecular flexibility index (Phi) is 5.14. The van der Waals surface area contributed by atoms with Gasteiger partial charge in [0.25, 0.3) is 5.91 Å². The van der Waals surface area contributed by atoms with E-state index in [1.54, 1.807) is 24.3 Å². The summed E-state index contributed by atoms with van der Waals surface area (Å²) < 4.78 is 0. The molecular formula is C20H23N3O2. The molecule has 0 radical (unpaired) electrons. The molecule has 5 nitrogen and oxygen atoms in total. The molecule has 0 spiro atoms. The molecule has 2 aromatic rings. The third-order valence-corrected chi connectivity index (χ3v) is 4.69. The molecule has 0 saturated carbocycles. The summed E-state index contributed by atoms with van der Waals surface area (Å²) in [5, 5.41) is 2.72. The molecule has 0 bridgehead atoms. The van der Waals surface area contributed by atoms with E-state index < -0.39 is 0 Å². The van der Waals surface area contributed by atoms with Crippen molar-refractivity contribution in [3.63, 3.8) is 0 Å². The molecule has 3 N–H and O–H groups in total. The van der Waals surface area contributed by atoms with Crippen LogP contribution in [0, 0.1) is 5.92 Å². The van der Waals surface area contributed by atoms with Gasteiger partial charge in [-0.2, -0.15) is 0 Å². The van der Waals surface area contributed by atoms with E-state index in [1.165, 1.54) is 12.5 Å². The van der Waals surface area contributed by atoms with Crippen LogP contribution < -0.4 is 11.1 Å². The smallest absolute Gasteiger partial charge is 0.253 e. The normalized spacial score (nSPS) is 19.7. The van der Waals surface area contributed by atoms with Gasteiger partial charge < -0.3 is 16.0 Å². The van der Waals surface area contributed by atoms with Crippen LogP contribution in [0.4, 0.5) is 5.69 Å². The minimum absolute atomic E-state index is 0.0240. The second-order valence-electron chi connectivity index (χ2n) is 6.49. The van der Waals surface area contributed by atoms with Gasteiger partial charge >= 0.3 is 0 Å². The largest absolute Gasteiger partial charge is 0.338 e. The second kappa shape index (κ2) is 7.49. The number of nitrogens with two attached hydrogens (primary N) is 1. The summed E-state index contributed by atoms with van der Waals surface area (Å²) in [6, 6.07) is 17.3. The van der Waals surface area contributed by atoms with Crippen LogP contribution in [0.2, 0.25) is 0 Å². The average molecular weight is 337 g/mol. The molecule has 2 atom stereocenters. The van der Waals surface area contributed by atoms with E-state index >= 15 is 0 Å². The van der Waals surface area contributed by atoms with Gasteiger partial charge in [-0.3, -0.25) is 9.59 Å². The van der Waals surface area contributed by atoms with Crippen molar-refractivity contribution in [3.05, 3.63) is 65.7 Å². The maximum atomic E-state index is 12.9. The van der Waals surface area contributed by atoms with E-state index in [2.05, 4.69) is 17.4 Å². The standard InChI is InChI=1S/C20H23N3O2/c1-14(24)22-18-9-5-8-16(10-18)20(25)23-12-17(11-21)19(13-23)15-6-3-2-4-7-15/h2-10,17,19H,11-13,21H2,1H3,(H,22,24)/t17-,19+/m1/s1. The number of rotatable bonds is 4. The summed E-state index contributed by atoms with van der Waals surface area (Å²) in [4.78, 5) is 26.0. The quantitative estimate of drug-likeness (QED) is 0.900. The van der Waals surface area contributed by atoms with Gasteiger partial charge in [-0.1, -0.05) is 36.4 Å². The first-order valence-electron chi connectivity index (χ1n) is 8.50. The Balaban J connectivity index is 1.78. The maximum absolute atomic E-state index is 12.9. The number of nitrogens with zero attached hydrogens (tertiary/aromatic N) is 1. The van der Waals surface area contributed by atoms with Gasteiger partial charge in [0.2, 0.25) is 5.91 Å². The highest BCUT2D eigenvalue weighted by Crippen LogP contribution is 2.32. The second-order valence-corrected chi connectivity index (χ2v) is 6.49. The fourth-order valence-corrected chi connectivity index (χ4v) is 3.47. The number of hydrogen-bond donors (Lipinski definition) is 2. The first-order valence-corrected chi connectivity index (χ1v) is 8.50. The van der Waals surface area contributed by atoms with Crippen molar-refractivity contribution in [2.24, 2.45) is 11.7 Å². The predicted molar refractivity (Wildman–Crippen MR) is 98.4 cm³/mol. The van der Waals surface area contributed by atoms with Crippen LogP contribution in [0.3, 0.4) is 0 Å². The lowest BCUT2D eigenvalue weighted by Gasteiger charge is -2.17. The number of benzene rings is 2. The van der Waals surface area contributed by atoms with Crippen molar-refractivity contribution in [3.8, 4) is 0 Å². The number of nitrogens with one attached hydrogen (secondary N) is 1. The molecule has 25 heavy (non-hydrogen) atoms.